The molecule has 3 N–H and O–H groups in total. The Balaban J connectivity index is 2.12. The number of likely N-dealkylation sites (tertiary alicyclic amines) is 1. The number of urea groups is 1. The fourth-order valence-corrected chi connectivity index (χ4v) is 2.09. The highest BCUT2D eigenvalue weighted by molar-refractivity contribution is 5.74. The van der Waals surface area contributed by atoms with Crippen LogP contribution in [0.4, 0.5) is 4.79 Å². The molecule has 0 spiro atoms. The number of aliphatic hydroxyl groups is 1. The Hall–Kier alpha value is -0.810. The molecule has 0 atom stereocenters. The van der Waals surface area contributed by atoms with E-state index in [0.29, 0.717) is 6.54 Å². The van der Waals surface area contributed by atoms with Crippen molar-refractivity contribution in [2.24, 2.45) is 0 Å². The van der Waals surface area contributed by atoms with Gasteiger partial charge in [-0.3, -0.25) is 0 Å². The number of carbonyl (C=O) groups excluding carboxylic acids is 1. The number of amides is 2. The lowest BCUT2D eigenvalue weighted by Gasteiger charge is -2.32. The van der Waals surface area contributed by atoms with E-state index in [1.54, 1.807) is 0 Å². The second kappa shape index (κ2) is 8.31. The largest absolute Gasteiger partial charge is 0.395 e. The molecule has 1 aliphatic heterocycles. The predicted molar refractivity (Wildman–Crippen MR) is 68.0 cm³/mol. The van der Waals surface area contributed by atoms with E-state index in [0.717, 1.165) is 25.9 Å². The van der Waals surface area contributed by atoms with Crippen LogP contribution in [0.25, 0.3) is 0 Å². The summed E-state index contributed by atoms with van der Waals surface area (Å²) < 4.78 is 0. The van der Waals surface area contributed by atoms with Gasteiger partial charge in [-0.15, -0.1) is 0 Å². The van der Waals surface area contributed by atoms with Gasteiger partial charge < -0.3 is 20.6 Å². The number of piperidine rings is 1. The maximum Gasteiger partial charge on any atom is 0.315 e. The van der Waals surface area contributed by atoms with Crippen molar-refractivity contribution in [3.8, 4) is 0 Å². The number of carbonyl (C=O) groups is 1. The Bertz CT molecular complexity index is 216. The molecule has 1 aliphatic rings. The molecule has 1 heterocycles. The summed E-state index contributed by atoms with van der Waals surface area (Å²) in [6, 6.07) is 0.123. The molecule has 1 rings (SSSR count). The third kappa shape index (κ3) is 5.89. The van der Waals surface area contributed by atoms with Crippen molar-refractivity contribution in [3.63, 3.8) is 0 Å². The second-order valence-electron chi connectivity index (χ2n) is 4.59. The molecular formula is C12H25N3O2. The van der Waals surface area contributed by atoms with E-state index in [9.17, 15) is 4.79 Å². The topological polar surface area (TPSA) is 64.6 Å². The van der Waals surface area contributed by atoms with Crippen molar-refractivity contribution in [3.05, 3.63) is 0 Å². The summed E-state index contributed by atoms with van der Waals surface area (Å²) in [4.78, 5) is 13.8. The first kappa shape index (κ1) is 14.3. The molecule has 5 nitrogen and oxygen atoms in total. The molecule has 1 fully saturated rings. The summed E-state index contributed by atoms with van der Waals surface area (Å²) in [6.07, 6.45) is 4.54. The van der Waals surface area contributed by atoms with E-state index in [1.807, 2.05) is 0 Å². The van der Waals surface area contributed by atoms with Gasteiger partial charge in [0.2, 0.25) is 0 Å². The minimum absolute atomic E-state index is 0.0110. The van der Waals surface area contributed by atoms with Crippen LogP contribution in [0.3, 0.4) is 0 Å². The average molecular weight is 243 g/mol. The van der Waals surface area contributed by atoms with Gasteiger partial charge in [0.05, 0.1) is 6.61 Å². The summed E-state index contributed by atoms with van der Waals surface area (Å²) in [7, 11) is 0. The number of hydrogen-bond donors (Lipinski definition) is 3. The van der Waals surface area contributed by atoms with Gasteiger partial charge in [-0.2, -0.15) is 0 Å². The molecule has 2 amide bonds. The van der Waals surface area contributed by atoms with Gasteiger partial charge in [0, 0.05) is 25.7 Å². The van der Waals surface area contributed by atoms with Crippen LogP contribution in [0.1, 0.15) is 32.6 Å². The molecule has 0 aliphatic carbocycles. The highest BCUT2D eigenvalue weighted by Gasteiger charge is 2.19. The number of nitrogens with one attached hydrogen (secondary N) is 2. The molecule has 0 saturated carbocycles. The quantitative estimate of drug-likeness (QED) is 0.638. The van der Waals surface area contributed by atoms with E-state index >= 15 is 0 Å². The number of aliphatic hydroxyl groups excluding tert-OH is 1. The second-order valence-corrected chi connectivity index (χ2v) is 4.59. The van der Waals surface area contributed by atoms with E-state index in [1.165, 1.54) is 19.4 Å². The van der Waals surface area contributed by atoms with E-state index in [2.05, 4.69) is 22.5 Å². The molecule has 0 aromatic rings. The molecule has 17 heavy (non-hydrogen) atoms. The zero-order chi connectivity index (χ0) is 12.5. The number of hydrogen-bond acceptors (Lipinski definition) is 3. The normalized spacial score (nSPS) is 18.0. The first-order valence-corrected chi connectivity index (χ1v) is 6.63. The van der Waals surface area contributed by atoms with Gasteiger partial charge >= 0.3 is 6.03 Å². The Labute approximate surface area is 104 Å². The molecule has 5 heteroatoms. The fourth-order valence-electron chi connectivity index (χ4n) is 2.09. The van der Waals surface area contributed by atoms with Crippen molar-refractivity contribution >= 4 is 6.03 Å². The zero-order valence-electron chi connectivity index (χ0n) is 10.7. The lowest BCUT2D eigenvalue weighted by Crippen LogP contribution is -2.48. The first-order chi connectivity index (χ1) is 8.26. The van der Waals surface area contributed by atoms with Crippen LogP contribution in [0.5, 0.6) is 0 Å². The van der Waals surface area contributed by atoms with Gasteiger partial charge in [0.25, 0.3) is 0 Å². The number of unbranched alkanes of at least 4 members (excludes halogenated alkanes) is 1. The summed E-state index contributed by atoms with van der Waals surface area (Å²) in [5.74, 6) is 0. The van der Waals surface area contributed by atoms with Crippen molar-refractivity contribution < 1.29 is 9.90 Å². The van der Waals surface area contributed by atoms with Gasteiger partial charge in [-0.25, -0.2) is 4.79 Å². The maximum atomic E-state index is 11.4. The van der Waals surface area contributed by atoms with Gasteiger partial charge in [-0.1, -0.05) is 13.3 Å². The van der Waals surface area contributed by atoms with Crippen LogP contribution in [0.2, 0.25) is 0 Å². The number of nitrogens with zero attached hydrogens (tertiary/aromatic N) is 1. The maximum absolute atomic E-state index is 11.4. The smallest absolute Gasteiger partial charge is 0.315 e. The standard InChI is InChI=1S/C12H25N3O2/c1-2-3-7-15-8-4-11(5-9-15)14-12(17)13-6-10-16/h11,16H,2-10H2,1H3,(H2,13,14,17). The molecule has 0 aromatic heterocycles. The summed E-state index contributed by atoms with van der Waals surface area (Å²) in [5.41, 5.74) is 0. The van der Waals surface area contributed by atoms with Gasteiger partial charge in [0.1, 0.15) is 0 Å². The summed E-state index contributed by atoms with van der Waals surface area (Å²) in [6.45, 7) is 5.85. The fraction of sp³-hybridized carbons (Fsp3) is 0.917. The summed E-state index contributed by atoms with van der Waals surface area (Å²) in [5, 5.41) is 14.1. The molecule has 0 radical (unpaired) electrons. The first-order valence-electron chi connectivity index (χ1n) is 6.63. The van der Waals surface area contributed by atoms with Gasteiger partial charge in [0.15, 0.2) is 0 Å². The molecule has 0 bridgehead atoms. The monoisotopic (exact) mass is 243 g/mol. The van der Waals surface area contributed by atoms with Crippen molar-refractivity contribution in [2.45, 2.75) is 38.6 Å². The highest BCUT2D eigenvalue weighted by Crippen LogP contribution is 2.10. The molecule has 1 saturated heterocycles. The number of rotatable bonds is 6. The Kier molecular flexibility index (Phi) is 6.96. The zero-order valence-corrected chi connectivity index (χ0v) is 10.7. The minimum atomic E-state index is -0.161. The third-order valence-corrected chi connectivity index (χ3v) is 3.15. The Morgan fingerprint density at radius 2 is 2.12 bits per heavy atom. The predicted octanol–water partition coefficient (Wildman–Crippen LogP) is 0.542. The minimum Gasteiger partial charge on any atom is -0.395 e. The SMILES string of the molecule is CCCCN1CCC(NC(=O)NCCO)CC1. The molecule has 100 valence electrons. The van der Waals surface area contributed by atoms with E-state index in [4.69, 9.17) is 5.11 Å². The Morgan fingerprint density at radius 3 is 2.71 bits per heavy atom. The van der Waals surface area contributed by atoms with Crippen LogP contribution in [0, 0.1) is 0 Å². The van der Waals surface area contributed by atoms with Crippen LogP contribution < -0.4 is 10.6 Å². The van der Waals surface area contributed by atoms with Crippen molar-refractivity contribution in [1.29, 1.82) is 0 Å². The highest BCUT2D eigenvalue weighted by atomic mass is 16.3. The van der Waals surface area contributed by atoms with Crippen LogP contribution in [0.15, 0.2) is 0 Å². The Morgan fingerprint density at radius 1 is 1.41 bits per heavy atom. The average Bonchev–Trinajstić information content (AvgIpc) is 2.35. The molecule has 0 unspecified atom stereocenters. The lowest BCUT2D eigenvalue weighted by atomic mass is 10.0. The molecular weight excluding hydrogens is 218 g/mol. The molecule has 0 aromatic carbocycles. The van der Waals surface area contributed by atoms with Crippen LogP contribution in [-0.2, 0) is 0 Å². The van der Waals surface area contributed by atoms with E-state index < -0.39 is 0 Å². The van der Waals surface area contributed by atoms with Crippen LogP contribution in [-0.4, -0.2) is 54.9 Å². The summed E-state index contributed by atoms with van der Waals surface area (Å²) >= 11 is 0. The van der Waals surface area contributed by atoms with Crippen LogP contribution >= 0.6 is 0 Å². The van der Waals surface area contributed by atoms with Crippen molar-refractivity contribution in [1.82, 2.24) is 15.5 Å². The lowest BCUT2D eigenvalue weighted by molar-refractivity contribution is 0.189. The van der Waals surface area contributed by atoms with E-state index in [-0.39, 0.29) is 18.7 Å². The third-order valence-electron chi connectivity index (χ3n) is 3.15. The van der Waals surface area contributed by atoms with Gasteiger partial charge in [-0.05, 0) is 25.8 Å². The van der Waals surface area contributed by atoms with Crippen molar-refractivity contribution in [2.75, 3.05) is 32.8 Å².